The zero-order chi connectivity index (χ0) is 61.9. The number of carbonyl (C=O) groups is 5. The molecule has 472 valence electrons. The number of piperazine rings is 2. The summed E-state index contributed by atoms with van der Waals surface area (Å²) in [4.78, 5) is 101. The number of fused-ring (bicyclic) bond motifs is 1. The summed E-state index contributed by atoms with van der Waals surface area (Å²) in [6.07, 6.45) is 11.8. The topological polar surface area (TPSA) is 224 Å². The molecule has 3 saturated heterocycles. The number of halogens is 1. The Bertz CT molecular complexity index is 3010. The van der Waals surface area contributed by atoms with Crippen molar-refractivity contribution in [1.82, 2.24) is 70.8 Å². The summed E-state index contributed by atoms with van der Waals surface area (Å²) in [5.41, 5.74) is 3.29. The number of rotatable bonds is 24. The van der Waals surface area contributed by atoms with Crippen molar-refractivity contribution >= 4 is 40.3 Å². The number of piperidine rings is 1. The van der Waals surface area contributed by atoms with E-state index >= 15 is 4.39 Å². The van der Waals surface area contributed by atoms with Crippen LogP contribution in [-0.4, -0.2) is 210 Å². The largest absolute Gasteiger partial charge is 0.341 e. The number of likely N-dealkylation sites (N-methyl/N-ethyl adjacent to an activating group) is 2. The second-order valence-electron chi connectivity index (χ2n) is 23.0. The first-order valence-electron chi connectivity index (χ1n) is 31.9. The summed E-state index contributed by atoms with van der Waals surface area (Å²) in [6.45, 7) is 20.4. The quantitative estimate of drug-likeness (QED) is 0.0490. The number of benzene rings is 3. The van der Waals surface area contributed by atoms with Gasteiger partial charge in [0.2, 0.25) is 17.7 Å². The lowest BCUT2D eigenvalue weighted by atomic mass is 9.82. The van der Waals surface area contributed by atoms with Gasteiger partial charge < -0.3 is 45.8 Å². The number of aromatic amines is 1. The molecule has 0 spiro atoms. The molecule has 3 aliphatic heterocycles. The van der Waals surface area contributed by atoms with Crippen molar-refractivity contribution in [2.45, 2.75) is 104 Å². The summed E-state index contributed by atoms with van der Waals surface area (Å²) in [7, 11) is 1.96. The monoisotopic (exact) mass is 1200 g/mol. The van der Waals surface area contributed by atoms with Crippen LogP contribution in [0.4, 0.5) is 4.39 Å². The summed E-state index contributed by atoms with van der Waals surface area (Å²) in [5.74, 6) is -0.681. The maximum Gasteiger partial charge on any atom is 0.272 e. The van der Waals surface area contributed by atoms with E-state index < -0.39 is 17.8 Å². The number of H-pyrrole nitrogens is 1. The fourth-order valence-corrected chi connectivity index (χ4v) is 12.1. The highest BCUT2D eigenvalue weighted by Crippen LogP contribution is 2.30. The SMILES string of the molecule is CC.CCCN(CCc1cccc(C(=O)NC(C(=O)N2CCC(CN3CCN(CC(=O)N4CCN(C(=O)c5cc(Cc6n[nH]c(=O)c7ccccc67)ccc5F)CC4)CC3)CC2)C2CCCCC2)c1)C(=O)CNCc1ccncn1.CCNCCNC. The minimum Gasteiger partial charge on any atom is -0.341 e. The molecule has 0 bridgehead atoms. The van der Waals surface area contributed by atoms with Crippen LogP contribution in [0.5, 0.6) is 0 Å². The van der Waals surface area contributed by atoms with Gasteiger partial charge in [-0.1, -0.05) is 83.4 Å². The average molecular weight is 1200 g/mol. The second-order valence-corrected chi connectivity index (χ2v) is 23.0. The molecule has 5 amide bonds. The third kappa shape index (κ3) is 20.3. The van der Waals surface area contributed by atoms with Crippen molar-refractivity contribution in [3.05, 3.63) is 135 Å². The van der Waals surface area contributed by atoms with Gasteiger partial charge in [-0.25, -0.2) is 19.5 Å². The molecule has 9 rings (SSSR count). The molecule has 3 aromatic carbocycles. The van der Waals surface area contributed by atoms with Crippen molar-refractivity contribution in [2.75, 3.05) is 125 Å². The van der Waals surface area contributed by atoms with Gasteiger partial charge >= 0.3 is 0 Å². The minimum absolute atomic E-state index is 0.0126. The van der Waals surface area contributed by atoms with E-state index in [9.17, 15) is 28.8 Å². The van der Waals surface area contributed by atoms with Gasteiger partial charge in [-0.2, -0.15) is 5.10 Å². The van der Waals surface area contributed by atoms with Crippen molar-refractivity contribution in [1.29, 1.82) is 0 Å². The molecule has 4 aliphatic rings. The second kappa shape index (κ2) is 35.7. The lowest BCUT2D eigenvalue weighted by Crippen LogP contribution is -2.55. The van der Waals surface area contributed by atoms with Crippen molar-refractivity contribution in [3.63, 3.8) is 0 Å². The van der Waals surface area contributed by atoms with E-state index in [1.807, 2.05) is 67.1 Å². The zero-order valence-electron chi connectivity index (χ0n) is 52.2. The Kier molecular flexibility index (Phi) is 27.7. The van der Waals surface area contributed by atoms with Crippen molar-refractivity contribution < 1.29 is 28.4 Å². The van der Waals surface area contributed by atoms with Gasteiger partial charge in [0, 0.05) is 128 Å². The number of hydrogen-bond acceptors (Lipinski definition) is 14. The Morgan fingerprint density at radius 3 is 2.17 bits per heavy atom. The number of nitrogens with zero attached hydrogens (tertiary/aromatic N) is 9. The van der Waals surface area contributed by atoms with E-state index in [1.54, 1.807) is 46.3 Å². The molecule has 2 aromatic heterocycles. The van der Waals surface area contributed by atoms with E-state index in [1.165, 1.54) is 12.4 Å². The number of likely N-dealkylation sites (tertiary alicyclic amines) is 1. The highest BCUT2D eigenvalue weighted by Gasteiger charge is 2.36. The average Bonchev–Trinajstić information content (AvgIpc) is 2.61. The minimum atomic E-state index is -0.610. The van der Waals surface area contributed by atoms with Crippen LogP contribution in [0.25, 0.3) is 10.8 Å². The highest BCUT2D eigenvalue weighted by atomic mass is 19.1. The van der Waals surface area contributed by atoms with Crippen molar-refractivity contribution in [2.24, 2.45) is 11.8 Å². The standard InChI is InChI=1S/C59H75FN12O6.C5H14N2.C2H6/c1-2-22-69(53(73)38-62-37-47-17-21-61-41-63-47)23-18-42-9-8-12-46(34-42)56(75)64-55(45-10-4-3-5-11-45)59(78)71-24-19-43(20-25-71)39-67-26-28-68(29-27-67)40-54(74)70-30-32-72(33-31-70)58(77)50-35-44(15-16-51(50)60)36-52-48-13-6-7-14-49(48)57(76)66-65-52;1-3-7-5-4-6-2;1-2/h6-9,12-17,21,34-35,41,43,45,55,62H,2-5,10-11,18-20,22-33,36-40H2,1H3,(H,64,75)(H,66,76);6-7H,3-5H2,1-2H3;1-2H3. The molecule has 1 saturated carbocycles. The van der Waals surface area contributed by atoms with Crippen LogP contribution >= 0.6 is 0 Å². The Labute approximate surface area is 513 Å². The molecule has 5 N–H and O–H groups in total. The van der Waals surface area contributed by atoms with Crippen LogP contribution in [0.1, 0.15) is 122 Å². The van der Waals surface area contributed by atoms with Crippen LogP contribution in [-0.2, 0) is 33.8 Å². The summed E-state index contributed by atoms with van der Waals surface area (Å²) < 4.78 is 15.1. The van der Waals surface area contributed by atoms with Gasteiger partial charge in [0.25, 0.3) is 17.4 Å². The van der Waals surface area contributed by atoms with Gasteiger partial charge in [-0.15, -0.1) is 0 Å². The molecular weight excluding hydrogens is 1100 g/mol. The van der Waals surface area contributed by atoms with E-state index in [0.717, 1.165) is 115 Å². The molecule has 87 heavy (non-hydrogen) atoms. The zero-order valence-corrected chi connectivity index (χ0v) is 52.2. The predicted molar refractivity (Wildman–Crippen MR) is 339 cm³/mol. The summed E-state index contributed by atoms with van der Waals surface area (Å²) in [6, 6.07) is 20.4. The smallest absolute Gasteiger partial charge is 0.272 e. The molecule has 4 fully saturated rings. The van der Waals surface area contributed by atoms with E-state index in [2.05, 4.69) is 65.1 Å². The molecule has 0 radical (unpaired) electrons. The third-order valence-electron chi connectivity index (χ3n) is 17.0. The molecule has 20 nitrogen and oxygen atoms in total. The van der Waals surface area contributed by atoms with Gasteiger partial charge in [0.15, 0.2) is 0 Å². The number of nitrogens with one attached hydrogen (secondary N) is 5. The normalized spacial score (nSPS) is 16.5. The third-order valence-corrected chi connectivity index (χ3v) is 17.0. The van der Waals surface area contributed by atoms with Crippen LogP contribution in [0, 0.1) is 17.7 Å². The fourth-order valence-electron chi connectivity index (χ4n) is 12.1. The molecular formula is C66H95FN14O6. The molecule has 21 heteroatoms. The van der Waals surface area contributed by atoms with Crippen LogP contribution in [0.3, 0.4) is 0 Å². The maximum absolute atomic E-state index is 15.1. The number of carbonyl (C=O) groups excluding carboxylic acids is 5. The highest BCUT2D eigenvalue weighted by molar-refractivity contribution is 5.98. The van der Waals surface area contributed by atoms with Gasteiger partial charge in [-0.05, 0) is 111 Å². The number of amides is 5. The fraction of sp³-hybridized carbons (Fsp3) is 0.561. The lowest BCUT2D eigenvalue weighted by molar-refractivity contribution is -0.137. The molecule has 1 aliphatic carbocycles. The number of aromatic nitrogens is 4. The van der Waals surface area contributed by atoms with Crippen LogP contribution in [0.15, 0.2) is 90.1 Å². The van der Waals surface area contributed by atoms with Crippen molar-refractivity contribution in [3.8, 4) is 0 Å². The van der Waals surface area contributed by atoms with Gasteiger partial charge in [0.1, 0.15) is 18.2 Å². The Morgan fingerprint density at radius 2 is 1.47 bits per heavy atom. The predicted octanol–water partition coefficient (Wildman–Crippen LogP) is 5.37. The molecule has 1 atom stereocenters. The summed E-state index contributed by atoms with van der Waals surface area (Å²) >= 11 is 0. The van der Waals surface area contributed by atoms with E-state index in [0.29, 0.717) is 112 Å². The van der Waals surface area contributed by atoms with Gasteiger partial charge in [-0.3, -0.25) is 33.7 Å². The van der Waals surface area contributed by atoms with E-state index in [-0.39, 0.29) is 47.2 Å². The first-order valence-corrected chi connectivity index (χ1v) is 31.9. The number of hydrogen-bond donors (Lipinski definition) is 5. The van der Waals surface area contributed by atoms with Crippen LogP contribution < -0.4 is 26.8 Å². The van der Waals surface area contributed by atoms with Crippen LogP contribution in [0.2, 0.25) is 0 Å². The lowest BCUT2D eigenvalue weighted by Gasteiger charge is -2.41. The van der Waals surface area contributed by atoms with E-state index in [4.69, 9.17) is 0 Å². The Balaban J connectivity index is 0.00000112. The summed E-state index contributed by atoms with van der Waals surface area (Å²) in [5, 5.41) is 20.6. The molecule has 1 unspecified atom stereocenters. The molecule has 5 heterocycles. The first-order chi connectivity index (χ1) is 42.4. The Hall–Kier alpha value is -7.04. The Morgan fingerprint density at radius 1 is 0.747 bits per heavy atom. The first kappa shape index (κ1) is 67.5. The maximum atomic E-state index is 15.1. The molecule has 5 aromatic rings. The van der Waals surface area contributed by atoms with Gasteiger partial charge in [0.05, 0.1) is 35.4 Å².